The molecule has 1 aliphatic carbocycles. The quantitative estimate of drug-likeness (QED) is 0.767. The highest BCUT2D eigenvalue weighted by atomic mass is 19.1. The molecule has 1 saturated carbocycles. The number of hydrogen-bond donors (Lipinski definition) is 2. The SMILES string of the molecule is Cc1cccc(-c2ccc3nc(NC(=O)C4CC4F)cn3c2)c1CO. The van der Waals surface area contributed by atoms with Gasteiger partial charge < -0.3 is 14.8 Å². The Bertz CT molecular complexity index is 966. The molecule has 2 N–H and O–H groups in total. The van der Waals surface area contributed by atoms with Crippen molar-refractivity contribution in [2.24, 2.45) is 5.92 Å². The zero-order valence-corrected chi connectivity index (χ0v) is 13.7. The first-order valence-electron chi connectivity index (χ1n) is 8.20. The van der Waals surface area contributed by atoms with Crippen LogP contribution in [0.1, 0.15) is 17.5 Å². The minimum absolute atomic E-state index is 0.0307. The lowest BCUT2D eigenvalue weighted by molar-refractivity contribution is -0.117. The number of imidazole rings is 1. The maximum absolute atomic E-state index is 13.0. The number of nitrogens with one attached hydrogen (secondary N) is 1. The molecule has 1 aliphatic rings. The summed E-state index contributed by atoms with van der Waals surface area (Å²) in [6.45, 7) is 1.94. The van der Waals surface area contributed by atoms with Crippen LogP contribution in [0.4, 0.5) is 10.2 Å². The van der Waals surface area contributed by atoms with Gasteiger partial charge in [-0.15, -0.1) is 0 Å². The third-order valence-electron chi connectivity index (χ3n) is 4.63. The number of fused-ring (bicyclic) bond motifs is 1. The van der Waals surface area contributed by atoms with Crippen molar-refractivity contribution in [3.63, 3.8) is 0 Å². The number of pyridine rings is 1. The normalized spacial score (nSPS) is 19.2. The van der Waals surface area contributed by atoms with Gasteiger partial charge in [-0.1, -0.05) is 18.2 Å². The van der Waals surface area contributed by atoms with Gasteiger partial charge in [0.15, 0.2) is 5.82 Å². The number of aromatic nitrogens is 2. The third kappa shape index (κ3) is 2.89. The number of alkyl halides is 1. The Labute approximate surface area is 144 Å². The van der Waals surface area contributed by atoms with E-state index in [0.717, 1.165) is 22.3 Å². The van der Waals surface area contributed by atoms with Crippen LogP contribution in [0.3, 0.4) is 0 Å². The molecule has 0 radical (unpaired) electrons. The Hall–Kier alpha value is -2.73. The summed E-state index contributed by atoms with van der Waals surface area (Å²) in [4.78, 5) is 16.2. The lowest BCUT2D eigenvalue weighted by atomic mass is 9.97. The molecule has 6 heteroatoms. The van der Waals surface area contributed by atoms with Crippen molar-refractivity contribution in [3.05, 3.63) is 53.9 Å². The molecule has 4 rings (SSSR count). The van der Waals surface area contributed by atoms with Crippen molar-refractivity contribution in [2.75, 3.05) is 5.32 Å². The van der Waals surface area contributed by atoms with Crippen molar-refractivity contribution in [1.82, 2.24) is 9.38 Å². The van der Waals surface area contributed by atoms with Gasteiger partial charge in [-0.2, -0.15) is 0 Å². The van der Waals surface area contributed by atoms with E-state index >= 15 is 0 Å². The largest absolute Gasteiger partial charge is 0.392 e. The molecule has 0 spiro atoms. The van der Waals surface area contributed by atoms with Crippen LogP contribution in [0, 0.1) is 12.8 Å². The molecule has 25 heavy (non-hydrogen) atoms. The first kappa shape index (κ1) is 15.8. The molecule has 128 valence electrons. The molecular weight excluding hydrogens is 321 g/mol. The summed E-state index contributed by atoms with van der Waals surface area (Å²) < 4.78 is 14.8. The fourth-order valence-electron chi connectivity index (χ4n) is 3.05. The third-order valence-corrected chi connectivity index (χ3v) is 4.63. The Morgan fingerprint density at radius 3 is 2.88 bits per heavy atom. The van der Waals surface area contributed by atoms with Gasteiger partial charge >= 0.3 is 0 Å². The van der Waals surface area contributed by atoms with E-state index < -0.39 is 12.1 Å². The van der Waals surface area contributed by atoms with Crippen molar-refractivity contribution < 1.29 is 14.3 Å². The zero-order valence-electron chi connectivity index (χ0n) is 13.7. The van der Waals surface area contributed by atoms with Gasteiger partial charge in [-0.3, -0.25) is 4.79 Å². The van der Waals surface area contributed by atoms with E-state index in [0.29, 0.717) is 17.9 Å². The van der Waals surface area contributed by atoms with E-state index in [4.69, 9.17) is 0 Å². The second kappa shape index (κ2) is 5.97. The number of halogens is 1. The average Bonchev–Trinajstić information content (AvgIpc) is 3.19. The first-order chi connectivity index (χ1) is 12.1. The number of rotatable bonds is 4. The number of benzene rings is 1. The fraction of sp³-hybridized carbons (Fsp3) is 0.263. The van der Waals surface area contributed by atoms with Crippen LogP contribution >= 0.6 is 0 Å². The van der Waals surface area contributed by atoms with E-state index in [-0.39, 0.29) is 12.5 Å². The minimum atomic E-state index is -1.03. The summed E-state index contributed by atoms with van der Waals surface area (Å²) in [5.41, 5.74) is 4.51. The fourth-order valence-corrected chi connectivity index (χ4v) is 3.05. The second-order valence-corrected chi connectivity index (χ2v) is 6.42. The van der Waals surface area contributed by atoms with Crippen LogP contribution in [0.2, 0.25) is 0 Å². The predicted molar refractivity (Wildman–Crippen MR) is 92.9 cm³/mol. The molecule has 1 fully saturated rings. The van der Waals surface area contributed by atoms with Gasteiger partial charge in [0.1, 0.15) is 11.8 Å². The van der Waals surface area contributed by atoms with Crippen LogP contribution in [-0.4, -0.2) is 26.6 Å². The number of carbonyl (C=O) groups is 1. The topological polar surface area (TPSA) is 66.6 Å². The molecule has 2 heterocycles. The van der Waals surface area contributed by atoms with E-state index in [1.54, 1.807) is 6.20 Å². The minimum Gasteiger partial charge on any atom is -0.392 e. The van der Waals surface area contributed by atoms with Crippen LogP contribution in [0.5, 0.6) is 0 Å². The summed E-state index contributed by atoms with van der Waals surface area (Å²) in [6.07, 6.45) is 2.88. The lowest BCUT2D eigenvalue weighted by Gasteiger charge is -2.10. The molecular formula is C19H18FN3O2. The summed E-state index contributed by atoms with van der Waals surface area (Å²) in [5.74, 6) is -0.454. The number of amides is 1. The Morgan fingerprint density at radius 2 is 2.16 bits per heavy atom. The summed E-state index contributed by atoms with van der Waals surface area (Å²) >= 11 is 0. The molecule has 0 aliphatic heterocycles. The molecule has 2 unspecified atom stereocenters. The molecule has 1 aromatic carbocycles. The molecule has 0 bridgehead atoms. The number of aryl methyl sites for hydroxylation is 1. The van der Waals surface area contributed by atoms with Gasteiger partial charge in [-0.05, 0) is 47.7 Å². The van der Waals surface area contributed by atoms with Crippen molar-refractivity contribution in [2.45, 2.75) is 26.1 Å². The van der Waals surface area contributed by atoms with E-state index in [9.17, 15) is 14.3 Å². The van der Waals surface area contributed by atoms with Crippen LogP contribution in [0.25, 0.3) is 16.8 Å². The highest BCUT2D eigenvalue weighted by Crippen LogP contribution is 2.34. The number of aliphatic hydroxyl groups is 1. The molecule has 5 nitrogen and oxygen atoms in total. The van der Waals surface area contributed by atoms with Crippen molar-refractivity contribution in [3.8, 4) is 11.1 Å². The highest BCUT2D eigenvalue weighted by Gasteiger charge is 2.43. The average molecular weight is 339 g/mol. The second-order valence-electron chi connectivity index (χ2n) is 6.42. The number of nitrogens with zero attached hydrogens (tertiary/aromatic N) is 2. The standard InChI is InChI=1S/C19H18FN3O2/c1-11-3-2-4-13(15(11)10-24)12-5-6-18-21-17(9-23(18)8-12)22-19(25)14-7-16(14)20/h2-6,8-9,14,16,24H,7,10H2,1H3,(H,22,25). The van der Waals surface area contributed by atoms with Gasteiger partial charge in [0.25, 0.3) is 0 Å². The monoisotopic (exact) mass is 339 g/mol. The molecule has 2 aromatic heterocycles. The van der Waals surface area contributed by atoms with Gasteiger partial charge in [-0.25, -0.2) is 9.37 Å². The Morgan fingerprint density at radius 1 is 1.36 bits per heavy atom. The smallest absolute Gasteiger partial charge is 0.231 e. The van der Waals surface area contributed by atoms with Crippen LogP contribution in [0.15, 0.2) is 42.7 Å². The van der Waals surface area contributed by atoms with Crippen LogP contribution in [-0.2, 0) is 11.4 Å². The van der Waals surface area contributed by atoms with E-state index in [1.807, 2.05) is 47.9 Å². The van der Waals surface area contributed by atoms with E-state index in [2.05, 4.69) is 10.3 Å². The number of carbonyl (C=O) groups excluding carboxylic acids is 1. The van der Waals surface area contributed by atoms with Gasteiger partial charge in [0.05, 0.1) is 18.7 Å². The summed E-state index contributed by atoms with van der Waals surface area (Å²) in [5, 5.41) is 12.3. The number of hydrogen-bond acceptors (Lipinski definition) is 3. The molecule has 2 atom stereocenters. The molecule has 1 amide bonds. The Kier molecular flexibility index (Phi) is 3.77. The van der Waals surface area contributed by atoms with Crippen molar-refractivity contribution in [1.29, 1.82) is 0 Å². The van der Waals surface area contributed by atoms with Gasteiger partial charge in [0.2, 0.25) is 5.91 Å². The molecule has 3 aromatic rings. The first-order valence-corrected chi connectivity index (χ1v) is 8.20. The maximum atomic E-state index is 13.0. The zero-order chi connectivity index (χ0) is 17.6. The Balaban J connectivity index is 1.67. The number of anilines is 1. The summed E-state index contributed by atoms with van der Waals surface area (Å²) in [6, 6.07) is 9.67. The van der Waals surface area contributed by atoms with Crippen molar-refractivity contribution >= 4 is 17.4 Å². The summed E-state index contributed by atoms with van der Waals surface area (Å²) in [7, 11) is 0. The van der Waals surface area contributed by atoms with Crippen LogP contribution < -0.4 is 5.32 Å². The van der Waals surface area contributed by atoms with E-state index in [1.165, 1.54) is 0 Å². The lowest BCUT2D eigenvalue weighted by Crippen LogP contribution is -2.15. The predicted octanol–water partition coefficient (Wildman–Crippen LogP) is 3.10. The number of aliphatic hydroxyl groups excluding tert-OH is 1. The highest BCUT2D eigenvalue weighted by molar-refractivity contribution is 5.94. The van der Waals surface area contributed by atoms with Gasteiger partial charge in [0, 0.05) is 6.20 Å². The maximum Gasteiger partial charge on any atom is 0.231 e. The molecule has 0 saturated heterocycles.